The molecule has 0 amide bonds. The molecule has 28 heavy (non-hydrogen) atoms. The van der Waals surface area contributed by atoms with Crippen molar-refractivity contribution in [2.24, 2.45) is 4.99 Å². The van der Waals surface area contributed by atoms with Crippen LogP contribution in [0.15, 0.2) is 59.9 Å². The molecule has 0 aliphatic carbocycles. The van der Waals surface area contributed by atoms with Gasteiger partial charge in [-0.2, -0.15) is 0 Å². The van der Waals surface area contributed by atoms with Gasteiger partial charge in [0.05, 0.1) is 12.1 Å². The molecule has 7 heteroatoms. The van der Waals surface area contributed by atoms with Gasteiger partial charge in [-0.1, -0.05) is 12.1 Å². The minimum atomic E-state index is -0.263. The number of rotatable bonds is 3. The number of nitrogens with zero attached hydrogens (tertiary/aromatic N) is 5. The second kappa shape index (κ2) is 6.53. The van der Waals surface area contributed by atoms with Crippen molar-refractivity contribution in [3.63, 3.8) is 0 Å². The van der Waals surface area contributed by atoms with Crippen LogP contribution in [-0.2, 0) is 0 Å². The molecule has 0 unspecified atom stereocenters. The maximum absolute atomic E-state index is 13.5. The average molecular weight is 372 g/mol. The third kappa shape index (κ3) is 2.72. The van der Waals surface area contributed by atoms with Crippen molar-refractivity contribution in [2.75, 3.05) is 13.1 Å². The molecule has 1 aliphatic heterocycles. The zero-order valence-corrected chi connectivity index (χ0v) is 15.2. The Hall–Kier alpha value is -3.61. The Morgan fingerprint density at radius 2 is 1.96 bits per heavy atom. The van der Waals surface area contributed by atoms with Crippen molar-refractivity contribution in [1.82, 2.24) is 24.9 Å². The van der Waals surface area contributed by atoms with Gasteiger partial charge in [0.25, 0.3) is 0 Å². The number of halogens is 1. The highest BCUT2D eigenvalue weighted by Gasteiger charge is 2.22. The van der Waals surface area contributed by atoms with Gasteiger partial charge in [-0.25, -0.2) is 13.9 Å². The van der Waals surface area contributed by atoms with Crippen molar-refractivity contribution in [3.05, 3.63) is 71.9 Å². The van der Waals surface area contributed by atoms with Gasteiger partial charge in [0.15, 0.2) is 11.5 Å². The van der Waals surface area contributed by atoms with Crippen molar-refractivity contribution < 1.29 is 4.39 Å². The number of aromatic nitrogens is 4. The fourth-order valence-corrected chi connectivity index (χ4v) is 3.46. The van der Waals surface area contributed by atoms with E-state index in [1.165, 1.54) is 12.1 Å². The summed E-state index contributed by atoms with van der Waals surface area (Å²) in [7, 11) is 0. The zero-order chi connectivity index (χ0) is 19.1. The number of fused-ring (bicyclic) bond motifs is 1. The van der Waals surface area contributed by atoms with Gasteiger partial charge >= 0.3 is 0 Å². The Bertz CT molecular complexity index is 1200. The van der Waals surface area contributed by atoms with Crippen molar-refractivity contribution in [3.8, 4) is 22.5 Å². The quantitative estimate of drug-likeness (QED) is 0.599. The van der Waals surface area contributed by atoms with Crippen LogP contribution >= 0.6 is 0 Å². The Morgan fingerprint density at radius 1 is 1.11 bits per heavy atom. The number of amidine groups is 1. The zero-order valence-electron chi connectivity index (χ0n) is 15.2. The van der Waals surface area contributed by atoms with Gasteiger partial charge in [-0.15, -0.1) is 5.10 Å². The standard InChI is InChI=1S/C21H17FN6/c1-13-11-17(14-4-6-16(22)7-5-14)18(20-24-9-10-25-20)21-26-19(27-28(13)21)15-3-2-8-23-12-15/h2-8,11-12H,9-10H2,1H3,(H,24,25). The smallest absolute Gasteiger partial charge is 0.183 e. The molecule has 0 saturated heterocycles. The Labute approximate surface area is 160 Å². The first kappa shape index (κ1) is 16.6. The lowest BCUT2D eigenvalue weighted by Crippen LogP contribution is -2.21. The molecule has 5 rings (SSSR count). The maximum atomic E-state index is 13.5. The highest BCUT2D eigenvalue weighted by molar-refractivity contribution is 6.10. The molecule has 1 N–H and O–H groups in total. The number of pyridine rings is 2. The van der Waals surface area contributed by atoms with E-state index >= 15 is 0 Å². The maximum Gasteiger partial charge on any atom is 0.183 e. The van der Waals surface area contributed by atoms with Crippen LogP contribution in [0, 0.1) is 12.7 Å². The van der Waals surface area contributed by atoms with E-state index in [0.717, 1.165) is 40.3 Å². The topological polar surface area (TPSA) is 67.5 Å². The summed E-state index contributed by atoms with van der Waals surface area (Å²) < 4.78 is 15.3. The van der Waals surface area contributed by atoms with E-state index in [-0.39, 0.29) is 5.82 Å². The van der Waals surface area contributed by atoms with Crippen LogP contribution in [0.4, 0.5) is 4.39 Å². The highest BCUT2D eigenvalue weighted by atomic mass is 19.1. The average Bonchev–Trinajstić information content (AvgIpc) is 3.40. The molecule has 3 aromatic heterocycles. The Morgan fingerprint density at radius 3 is 2.68 bits per heavy atom. The van der Waals surface area contributed by atoms with Gasteiger partial charge in [0.1, 0.15) is 11.7 Å². The number of aryl methyl sites for hydroxylation is 1. The number of aliphatic imine (C=N–C) groups is 1. The van der Waals surface area contributed by atoms with Crippen LogP contribution in [0.5, 0.6) is 0 Å². The van der Waals surface area contributed by atoms with E-state index in [2.05, 4.69) is 20.4 Å². The van der Waals surface area contributed by atoms with E-state index in [1.54, 1.807) is 24.5 Å². The largest absolute Gasteiger partial charge is 0.368 e. The summed E-state index contributed by atoms with van der Waals surface area (Å²) in [5.41, 5.74) is 5.22. The van der Waals surface area contributed by atoms with E-state index in [9.17, 15) is 4.39 Å². The molecule has 0 atom stereocenters. The second-order valence-electron chi connectivity index (χ2n) is 6.65. The molecular formula is C21H17FN6. The minimum absolute atomic E-state index is 0.263. The van der Waals surface area contributed by atoms with Crippen LogP contribution in [0.3, 0.4) is 0 Å². The summed E-state index contributed by atoms with van der Waals surface area (Å²) in [6, 6.07) is 12.3. The molecular weight excluding hydrogens is 355 g/mol. The van der Waals surface area contributed by atoms with Crippen molar-refractivity contribution >= 4 is 11.5 Å². The molecule has 4 aromatic rings. The molecule has 0 spiro atoms. The van der Waals surface area contributed by atoms with Gasteiger partial charge in [0.2, 0.25) is 0 Å². The summed E-state index contributed by atoms with van der Waals surface area (Å²) >= 11 is 0. The Kier molecular flexibility index (Phi) is 3.86. The van der Waals surface area contributed by atoms with Gasteiger partial charge in [-0.3, -0.25) is 9.98 Å². The van der Waals surface area contributed by atoms with Gasteiger partial charge in [0, 0.05) is 30.2 Å². The lowest BCUT2D eigenvalue weighted by molar-refractivity contribution is 0.628. The fourth-order valence-electron chi connectivity index (χ4n) is 3.46. The SMILES string of the molecule is Cc1cc(-c2ccc(F)cc2)c(C2=NCCN2)c2nc(-c3cccnc3)nn12. The lowest BCUT2D eigenvalue weighted by Gasteiger charge is -2.13. The first-order valence-corrected chi connectivity index (χ1v) is 9.06. The third-order valence-electron chi connectivity index (χ3n) is 4.77. The van der Waals surface area contributed by atoms with Gasteiger partial charge < -0.3 is 5.32 Å². The van der Waals surface area contributed by atoms with Crippen molar-refractivity contribution in [2.45, 2.75) is 6.92 Å². The van der Waals surface area contributed by atoms with Crippen LogP contribution < -0.4 is 5.32 Å². The number of hydrogen-bond acceptors (Lipinski definition) is 5. The molecule has 1 aliphatic rings. The minimum Gasteiger partial charge on any atom is -0.368 e. The first-order chi connectivity index (χ1) is 13.7. The second-order valence-corrected chi connectivity index (χ2v) is 6.65. The van der Waals surface area contributed by atoms with E-state index in [4.69, 9.17) is 4.98 Å². The summed E-state index contributed by atoms with van der Waals surface area (Å²) in [6.07, 6.45) is 3.47. The van der Waals surface area contributed by atoms with E-state index < -0.39 is 0 Å². The highest BCUT2D eigenvalue weighted by Crippen LogP contribution is 2.30. The summed E-state index contributed by atoms with van der Waals surface area (Å²) in [5, 5.41) is 8.02. The normalized spacial score (nSPS) is 13.6. The third-order valence-corrected chi connectivity index (χ3v) is 4.77. The number of benzene rings is 1. The number of hydrogen-bond donors (Lipinski definition) is 1. The molecule has 138 valence electrons. The Balaban J connectivity index is 1.80. The van der Waals surface area contributed by atoms with Gasteiger partial charge in [-0.05, 0) is 48.4 Å². The summed E-state index contributed by atoms with van der Waals surface area (Å²) in [5.74, 6) is 1.13. The van der Waals surface area contributed by atoms with Crippen molar-refractivity contribution in [1.29, 1.82) is 0 Å². The monoisotopic (exact) mass is 372 g/mol. The molecule has 0 bridgehead atoms. The van der Waals surface area contributed by atoms with Crippen LogP contribution in [-0.4, -0.2) is 38.5 Å². The lowest BCUT2D eigenvalue weighted by atomic mass is 9.99. The predicted molar refractivity (Wildman–Crippen MR) is 106 cm³/mol. The van der Waals surface area contributed by atoms with E-state index in [0.29, 0.717) is 18.0 Å². The molecule has 0 radical (unpaired) electrons. The summed E-state index contributed by atoms with van der Waals surface area (Å²) in [6.45, 7) is 3.47. The molecule has 4 heterocycles. The molecule has 6 nitrogen and oxygen atoms in total. The predicted octanol–water partition coefficient (Wildman–Crippen LogP) is 3.26. The van der Waals surface area contributed by atoms with E-state index in [1.807, 2.05) is 29.6 Å². The summed E-state index contributed by atoms with van der Waals surface area (Å²) in [4.78, 5) is 13.6. The molecule has 0 saturated carbocycles. The van der Waals surface area contributed by atoms with Crippen LogP contribution in [0.2, 0.25) is 0 Å². The van der Waals surface area contributed by atoms with Crippen LogP contribution in [0.25, 0.3) is 28.2 Å². The molecule has 1 aromatic carbocycles. The van der Waals surface area contributed by atoms with Crippen LogP contribution in [0.1, 0.15) is 11.3 Å². The molecule has 0 fully saturated rings. The number of nitrogens with one attached hydrogen (secondary N) is 1. The fraction of sp³-hybridized carbons (Fsp3) is 0.143. The first-order valence-electron chi connectivity index (χ1n) is 9.06.